The van der Waals surface area contributed by atoms with Gasteiger partial charge in [0.15, 0.2) is 4.80 Å². The summed E-state index contributed by atoms with van der Waals surface area (Å²) in [4.78, 5) is 17.8. The van der Waals surface area contributed by atoms with Gasteiger partial charge in [0.2, 0.25) is 10.0 Å². The molecule has 9 nitrogen and oxygen atoms in total. The number of ether oxygens (including phenoxy) is 1. The summed E-state index contributed by atoms with van der Waals surface area (Å²) in [5.41, 5.74) is 1.21. The first-order valence-electron chi connectivity index (χ1n) is 11.0. The quantitative estimate of drug-likeness (QED) is 0.408. The molecule has 0 aliphatic heterocycles. The van der Waals surface area contributed by atoms with Gasteiger partial charge in [0, 0.05) is 38.0 Å². The second kappa shape index (κ2) is 11.8. The number of rotatable bonds is 10. The fraction of sp³-hybridized carbons (Fsp3) is 0.333. The van der Waals surface area contributed by atoms with Crippen LogP contribution in [0.4, 0.5) is 0 Å². The second-order valence-corrected chi connectivity index (χ2v) is 10.5. The number of thiazole rings is 1. The van der Waals surface area contributed by atoms with Crippen LogP contribution in [-0.2, 0) is 16.6 Å². The van der Waals surface area contributed by atoms with Gasteiger partial charge in [0.25, 0.3) is 5.91 Å². The summed E-state index contributed by atoms with van der Waals surface area (Å²) < 4.78 is 35.3. The number of hydrogen-bond donors (Lipinski definition) is 0. The number of hydrogen-bond acceptors (Lipinski definition) is 7. The maximum absolute atomic E-state index is 13.0. The van der Waals surface area contributed by atoms with E-state index in [0.717, 1.165) is 26.7 Å². The highest BCUT2D eigenvalue weighted by Crippen LogP contribution is 2.24. The van der Waals surface area contributed by atoms with Crippen molar-refractivity contribution in [3.63, 3.8) is 0 Å². The Bertz CT molecular complexity index is 1440. The summed E-state index contributed by atoms with van der Waals surface area (Å²) in [6.07, 6.45) is 0.887. The number of sulfonamides is 1. The molecule has 11 heteroatoms. The minimum Gasteiger partial charge on any atom is -0.497 e. The molecule has 182 valence electrons. The topological polar surface area (TPSA) is 129 Å². The lowest BCUT2D eigenvalue weighted by Gasteiger charge is -2.20. The van der Waals surface area contributed by atoms with Crippen molar-refractivity contribution < 1.29 is 17.9 Å². The van der Waals surface area contributed by atoms with E-state index in [2.05, 4.69) is 4.99 Å². The minimum absolute atomic E-state index is 0.00925. The number of methoxy groups -OCH3 is 1. The zero-order valence-corrected chi connectivity index (χ0v) is 21.1. The molecule has 3 rings (SSSR count). The van der Waals surface area contributed by atoms with Gasteiger partial charge in [-0.3, -0.25) is 4.79 Å². The summed E-state index contributed by atoms with van der Waals surface area (Å²) in [7, 11) is -2.31. The molecule has 0 aliphatic carbocycles. The average molecular weight is 512 g/mol. The van der Waals surface area contributed by atoms with E-state index in [9.17, 15) is 13.2 Å². The molecular formula is C24H25N5O4S2. The van der Waals surface area contributed by atoms with Gasteiger partial charge in [-0.05, 0) is 48.9 Å². The maximum Gasteiger partial charge on any atom is 0.279 e. The van der Waals surface area contributed by atoms with Crippen LogP contribution in [0.2, 0.25) is 0 Å². The van der Waals surface area contributed by atoms with Crippen LogP contribution >= 0.6 is 11.3 Å². The van der Waals surface area contributed by atoms with E-state index in [0.29, 0.717) is 11.3 Å². The molecule has 1 amide bonds. The van der Waals surface area contributed by atoms with Gasteiger partial charge in [0.1, 0.15) is 5.75 Å². The number of carbonyl (C=O) groups is 1. The van der Waals surface area contributed by atoms with Crippen molar-refractivity contribution in [2.75, 3.05) is 20.2 Å². The Morgan fingerprint density at radius 1 is 1.11 bits per heavy atom. The summed E-state index contributed by atoms with van der Waals surface area (Å²) in [5, 5.41) is 17.7. The molecular weight excluding hydrogens is 486 g/mol. The normalized spacial score (nSPS) is 12.0. The van der Waals surface area contributed by atoms with Gasteiger partial charge in [-0.1, -0.05) is 18.3 Å². The molecule has 0 N–H and O–H groups in total. The van der Waals surface area contributed by atoms with Crippen molar-refractivity contribution in [1.29, 1.82) is 10.5 Å². The van der Waals surface area contributed by atoms with Crippen molar-refractivity contribution in [2.24, 2.45) is 4.99 Å². The van der Waals surface area contributed by atoms with E-state index >= 15 is 0 Å². The molecule has 2 aromatic carbocycles. The lowest BCUT2D eigenvalue weighted by molar-refractivity contribution is 0.0997. The van der Waals surface area contributed by atoms with Crippen LogP contribution in [0.5, 0.6) is 5.75 Å². The second-order valence-electron chi connectivity index (χ2n) is 7.53. The standard InChI is InChI=1S/C24H25N5O4S2/c1-3-14-29-21-11-8-19(33-2)17-22(21)34-24(29)27-23(30)18-6-9-20(10-7-18)35(31,32)28(15-4-12-25)16-5-13-26/h6-11,17H,3-5,14-16H2,1-2H3. The molecule has 1 aromatic heterocycles. The Morgan fingerprint density at radius 3 is 2.34 bits per heavy atom. The van der Waals surface area contributed by atoms with E-state index in [1.165, 1.54) is 35.6 Å². The third-order valence-electron chi connectivity index (χ3n) is 5.22. The highest BCUT2D eigenvalue weighted by Gasteiger charge is 2.24. The number of carbonyl (C=O) groups excluding carboxylic acids is 1. The van der Waals surface area contributed by atoms with Gasteiger partial charge in [-0.2, -0.15) is 19.8 Å². The van der Waals surface area contributed by atoms with E-state index < -0.39 is 15.9 Å². The third kappa shape index (κ3) is 5.95. The average Bonchev–Trinajstić information content (AvgIpc) is 3.20. The fourth-order valence-corrected chi connectivity index (χ4v) is 6.00. The number of benzene rings is 2. The van der Waals surface area contributed by atoms with E-state index in [1.54, 1.807) is 7.11 Å². The Hall–Kier alpha value is -3.51. The first-order valence-corrected chi connectivity index (χ1v) is 13.2. The number of nitrogens with zero attached hydrogens (tertiary/aromatic N) is 5. The number of aryl methyl sites for hydroxylation is 1. The maximum atomic E-state index is 13.0. The molecule has 35 heavy (non-hydrogen) atoms. The number of nitriles is 2. The largest absolute Gasteiger partial charge is 0.497 e. The summed E-state index contributed by atoms with van der Waals surface area (Å²) in [6, 6.07) is 15.1. The first kappa shape index (κ1) is 26.1. The lowest BCUT2D eigenvalue weighted by atomic mass is 10.2. The van der Waals surface area contributed by atoms with Crippen molar-refractivity contribution >= 4 is 37.5 Å². The molecule has 0 aliphatic rings. The Labute approximate surface area is 208 Å². The van der Waals surface area contributed by atoms with Crippen molar-refractivity contribution in [2.45, 2.75) is 37.6 Å². The van der Waals surface area contributed by atoms with E-state index in [4.69, 9.17) is 15.3 Å². The van der Waals surface area contributed by atoms with Crippen molar-refractivity contribution in [3.8, 4) is 17.9 Å². The predicted molar refractivity (Wildman–Crippen MR) is 132 cm³/mol. The van der Waals surface area contributed by atoms with Crippen LogP contribution in [0.25, 0.3) is 10.2 Å². The smallest absolute Gasteiger partial charge is 0.279 e. The zero-order valence-electron chi connectivity index (χ0n) is 19.5. The SMILES string of the molecule is CCCn1c(=NC(=O)c2ccc(S(=O)(=O)N(CCC#N)CCC#N)cc2)sc2cc(OC)ccc21. The van der Waals surface area contributed by atoms with Gasteiger partial charge < -0.3 is 9.30 Å². The van der Waals surface area contributed by atoms with Crippen LogP contribution < -0.4 is 9.54 Å². The third-order valence-corrected chi connectivity index (χ3v) is 8.17. The molecule has 0 spiro atoms. The van der Waals surface area contributed by atoms with Gasteiger partial charge in [0.05, 0.1) is 34.4 Å². The monoisotopic (exact) mass is 511 g/mol. The zero-order chi connectivity index (χ0) is 25.4. The molecule has 0 fully saturated rings. The van der Waals surface area contributed by atoms with Crippen molar-refractivity contribution in [1.82, 2.24) is 8.87 Å². The minimum atomic E-state index is -3.91. The van der Waals surface area contributed by atoms with Gasteiger partial charge in [-0.25, -0.2) is 8.42 Å². The summed E-state index contributed by atoms with van der Waals surface area (Å²) in [5.74, 6) is 0.235. The molecule has 0 atom stereocenters. The Morgan fingerprint density at radius 2 is 1.77 bits per heavy atom. The van der Waals surface area contributed by atoms with Crippen LogP contribution in [0.3, 0.4) is 0 Å². The van der Waals surface area contributed by atoms with Crippen LogP contribution in [0.1, 0.15) is 36.5 Å². The van der Waals surface area contributed by atoms with Crippen LogP contribution in [0, 0.1) is 22.7 Å². The van der Waals surface area contributed by atoms with Gasteiger partial charge >= 0.3 is 0 Å². The lowest BCUT2D eigenvalue weighted by Crippen LogP contribution is -2.32. The molecule has 3 aromatic rings. The molecule has 0 radical (unpaired) electrons. The summed E-state index contributed by atoms with van der Waals surface area (Å²) in [6.45, 7) is 2.72. The number of fused-ring (bicyclic) bond motifs is 1. The molecule has 0 bridgehead atoms. The first-order chi connectivity index (χ1) is 16.8. The highest BCUT2D eigenvalue weighted by molar-refractivity contribution is 7.89. The number of aromatic nitrogens is 1. The fourth-order valence-electron chi connectivity index (χ4n) is 3.48. The van der Waals surface area contributed by atoms with E-state index in [-0.39, 0.29) is 36.4 Å². The molecule has 1 heterocycles. The van der Waals surface area contributed by atoms with Crippen LogP contribution in [-0.4, -0.2) is 43.4 Å². The van der Waals surface area contributed by atoms with Gasteiger partial charge in [-0.15, -0.1) is 0 Å². The Balaban J connectivity index is 1.93. The van der Waals surface area contributed by atoms with E-state index in [1.807, 2.05) is 41.8 Å². The van der Waals surface area contributed by atoms with Crippen molar-refractivity contribution in [3.05, 3.63) is 52.8 Å². The van der Waals surface area contributed by atoms with Crippen LogP contribution in [0.15, 0.2) is 52.4 Å². The molecule has 0 saturated carbocycles. The highest BCUT2D eigenvalue weighted by atomic mass is 32.2. The Kier molecular flexibility index (Phi) is 8.77. The number of amides is 1. The summed E-state index contributed by atoms with van der Waals surface area (Å²) >= 11 is 1.38. The molecule has 0 unspecified atom stereocenters. The molecule has 0 saturated heterocycles. The predicted octanol–water partition coefficient (Wildman–Crippen LogP) is 3.68.